The minimum absolute atomic E-state index is 0.0386. The summed E-state index contributed by atoms with van der Waals surface area (Å²) in [6.07, 6.45) is -0.835. The Morgan fingerprint density at radius 3 is 2.51 bits per heavy atom. The van der Waals surface area contributed by atoms with Crippen molar-refractivity contribution < 1.29 is 22.7 Å². The predicted molar refractivity (Wildman–Crippen MR) is 131 cm³/mol. The lowest BCUT2D eigenvalue weighted by molar-refractivity contribution is -0.137. The van der Waals surface area contributed by atoms with Gasteiger partial charge in [-0.2, -0.15) is 13.2 Å². The lowest BCUT2D eigenvalue weighted by atomic mass is 9.99. The Kier molecular flexibility index (Phi) is 6.42. The molecule has 3 saturated heterocycles. The molecule has 3 fully saturated rings. The van der Waals surface area contributed by atoms with Gasteiger partial charge in [0.15, 0.2) is 0 Å². The Hall–Kier alpha value is -2.95. The molecule has 3 aliphatic rings. The van der Waals surface area contributed by atoms with Crippen LogP contribution in [-0.4, -0.2) is 46.1 Å². The number of fused-ring (bicyclic) bond motifs is 1. The number of benzene rings is 2. The van der Waals surface area contributed by atoms with Crippen molar-refractivity contribution in [3.63, 3.8) is 0 Å². The van der Waals surface area contributed by atoms with Gasteiger partial charge >= 0.3 is 6.18 Å². The van der Waals surface area contributed by atoms with E-state index in [1.807, 2.05) is 23.1 Å². The van der Waals surface area contributed by atoms with Gasteiger partial charge in [-0.1, -0.05) is 30.3 Å². The number of nitrogens with zero attached hydrogens (tertiary/aromatic N) is 3. The average Bonchev–Trinajstić information content (AvgIpc) is 3.68. The summed E-state index contributed by atoms with van der Waals surface area (Å²) in [7, 11) is 0. The molecule has 3 unspecified atom stereocenters. The first kappa shape index (κ1) is 24.4. The van der Waals surface area contributed by atoms with Gasteiger partial charge in [0, 0.05) is 31.8 Å². The fraction of sp³-hybridized carbons (Fsp3) is 0.481. The van der Waals surface area contributed by atoms with Crippen molar-refractivity contribution in [2.45, 2.75) is 62.5 Å². The van der Waals surface area contributed by atoms with E-state index in [0.29, 0.717) is 55.8 Å². The average molecular weight is 514 g/mol. The molecular formula is C27H30F3N5O2. The highest BCUT2D eigenvalue weighted by molar-refractivity contribution is 5.82. The summed E-state index contributed by atoms with van der Waals surface area (Å²) in [5.74, 6) is 0.776. The van der Waals surface area contributed by atoms with Gasteiger partial charge in [-0.05, 0) is 55.9 Å². The van der Waals surface area contributed by atoms with Gasteiger partial charge in [0.1, 0.15) is 18.0 Å². The zero-order valence-electron chi connectivity index (χ0n) is 20.4. The van der Waals surface area contributed by atoms with Crippen LogP contribution >= 0.6 is 0 Å². The van der Waals surface area contributed by atoms with E-state index < -0.39 is 11.7 Å². The first-order valence-corrected chi connectivity index (χ1v) is 12.9. The number of halogens is 3. The minimum atomic E-state index is -4.42. The number of hydrogen-bond donors (Lipinski definition) is 2. The molecule has 0 bridgehead atoms. The van der Waals surface area contributed by atoms with Crippen LogP contribution < -0.4 is 10.9 Å². The van der Waals surface area contributed by atoms with E-state index in [1.165, 1.54) is 6.07 Å². The number of imidazole rings is 1. The standard InChI is InChI=1S/C27H30F3N5O2/c28-27(29,30)18-8-9-23-21(15-18)31-25(24-7-4-14-37-24)35(23)19-10-12-34(13-11-19)26(36)22-16-20(32-33-22)17-5-2-1-3-6-17/h1-3,5-6,8-9,15,19-20,22,24,32-33H,4,7,10-14,16H2. The maximum Gasteiger partial charge on any atom is 0.416 e. The third-order valence-corrected chi connectivity index (χ3v) is 7.81. The van der Waals surface area contributed by atoms with Crippen LogP contribution in [0.15, 0.2) is 48.5 Å². The van der Waals surface area contributed by atoms with Crippen LogP contribution in [0.3, 0.4) is 0 Å². The highest BCUT2D eigenvalue weighted by Gasteiger charge is 2.37. The zero-order valence-corrected chi connectivity index (χ0v) is 20.4. The molecule has 4 heterocycles. The highest BCUT2D eigenvalue weighted by atomic mass is 19.4. The molecule has 3 aliphatic heterocycles. The number of carbonyl (C=O) groups is 1. The van der Waals surface area contributed by atoms with Crippen LogP contribution in [0.1, 0.15) is 67.2 Å². The highest BCUT2D eigenvalue weighted by Crippen LogP contribution is 2.38. The van der Waals surface area contributed by atoms with E-state index in [0.717, 1.165) is 30.5 Å². The van der Waals surface area contributed by atoms with Gasteiger partial charge in [-0.3, -0.25) is 4.79 Å². The Morgan fingerprint density at radius 1 is 1.03 bits per heavy atom. The third-order valence-electron chi connectivity index (χ3n) is 7.81. The molecule has 1 aromatic heterocycles. The Labute approximate surface area is 213 Å². The summed E-state index contributed by atoms with van der Waals surface area (Å²) in [5.41, 5.74) is 7.88. The molecule has 10 heteroatoms. The van der Waals surface area contributed by atoms with Crippen LogP contribution in [0.5, 0.6) is 0 Å². The van der Waals surface area contributed by atoms with Crippen LogP contribution in [0.4, 0.5) is 13.2 Å². The SMILES string of the molecule is O=C(C1CC(c2ccccc2)NN1)N1CCC(n2c(C3CCCO3)nc3cc(C(F)(F)F)ccc32)CC1. The largest absolute Gasteiger partial charge is 0.416 e. The van der Waals surface area contributed by atoms with Crippen molar-refractivity contribution in [1.82, 2.24) is 25.3 Å². The molecule has 0 radical (unpaired) electrons. The maximum atomic E-state index is 13.3. The molecule has 0 aliphatic carbocycles. The zero-order chi connectivity index (χ0) is 25.6. The van der Waals surface area contributed by atoms with Crippen molar-refractivity contribution in [2.24, 2.45) is 0 Å². The van der Waals surface area contributed by atoms with Crippen LogP contribution in [-0.2, 0) is 15.7 Å². The number of piperidine rings is 1. The molecule has 7 nitrogen and oxygen atoms in total. The van der Waals surface area contributed by atoms with Crippen molar-refractivity contribution in [3.05, 3.63) is 65.5 Å². The topological polar surface area (TPSA) is 71.4 Å². The molecule has 0 saturated carbocycles. The summed E-state index contributed by atoms with van der Waals surface area (Å²) in [6.45, 7) is 1.80. The summed E-state index contributed by atoms with van der Waals surface area (Å²) in [5, 5.41) is 0. The minimum Gasteiger partial charge on any atom is -0.370 e. The molecule has 3 aromatic rings. The van der Waals surface area contributed by atoms with E-state index in [9.17, 15) is 18.0 Å². The molecule has 6 rings (SSSR count). The number of carbonyl (C=O) groups excluding carboxylic acids is 1. The molecule has 1 amide bonds. The first-order valence-electron chi connectivity index (χ1n) is 12.9. The molecule has 2 aromatic carbocycles. The van der Waals surface area contributed by atoms with E-state index >= 15 is 0 Å². The summed E-state index contributed by atoms with van der Waals surface area (Å²) in [6, 6.07) is 13.7. The number of amides is 1. The Bertz CT molecular complexity index is 1260. The third kappa shape index (κ3) is 4.73. The summed E-state index contributed by atoms with van der Waals surface area (Å²) in [4.78, 5) is 19.8. The molecule has 0 spiro atoms. The summed E-state index contributed by atoms with van der Waals surface area (Å²) < 4.78 is 48.0. The van der Waals surface area contributed by atoms with Gasteiger partial charge in [0.05, 0.1) is 16.6 Å². The number of alkyl halides is 3. The van der Waals surface area contributed by atoms with Gasteiger partial charge < -0.3 is 14.2 Å². The van der Waals surface area contributed by atoms with Gasteiger partial charge in [0.2, 0.25) is 5.91 Å². The van der Waals surface area contributed by atoms with E-state index in [2.05, 4.69) is 32.5 Å². The predicted octanol–water partition coefficient (Wildman–Crippen LogP) is 4.68. The molecule has 3 atom stereocenters. The number of ether oxygens (including phenoxy) is 1. The molecular weight excluding hydrogens is 483 g/mol. The Balaban J connectivity index is 1.18. The second-order valence-electron chi connectivity index (χ2n) is 10.1. The lowest BCUT2D eigenvalue weighted by Crippen LogP contribution is -2.48. The number of nitrogens with one attached hydrogen (secondary N) is 2. The monoisotopic (exact) mass is 513 g/mol. The van der Waals surface area contributed by atoms with E-state index in [1.54, 1.807) is 0 Å². The van der Waals surface area contributed by atoms with Gasteiger partial charge in [-0.15, -0.1) is 0 Å². The van der Waals surface area contributed by atoms with E-state index in [-0.39, 0.29) is 30.1 Å². The van der Waals surface area contributed by atoms with Crippen LogP contribution in [0.2, 0.25) is 0 Å². The van der Waals surface area contributed by atoms with Crippen LogP contribution in [0.25, 0.3) is 11.0 Å². The van der Waals surface area contributed by atoms with E-state index in [4.69, 9.17) is 4.74 Å². The second kappa shape index (κ2) is 9.74. The molecule has 2 N–H and O–H groups in total. The van der Waals surface area contributed by atoms with Crippen molar-refractivity contribution >= 4 is 16.9 Å². The maximum absolute atomic E-state index is 13.3. The first-order chi connectivity index (χ1) is 17.9. The number of aromatic nitrogens is 2. The quantitative estimate of drug-likeness (QED) is 0.530. The fourth-order valence-corrected chi connectivity index (χ4v) is 5.87. The fourth-order valence-electron chi connectivity index (χ4n) is 5.87. The van der Waals surface area contributed by atoms with Crippen LogP contribution in [0, 0.1) is 0 Å². The summed E-state index contributed by atoms with van der Waals surface area (Å²) >= 11 is 0. The number of rotatable bonds is 4. The van der Waals surface area contributed by atoms with Gasteiger partial charge in [0.25, 0.3) is 0 Å². The van der Waals surface area contributed by atoms with Crippen molar-refractivity contribution in [2.75, 3.05) is 19.7 Å². The second-order valence-corrected chi connectivity index (χ2v) is 10.1. The molecule has 37 heavy (non-hydrogen) atoms. The Morgan fingerprint density at radius 2 is 1.81 bits per heavy atom. The molecule has 196 valence electrons. The van der Waals surface area contributed by atoms with Crippen molar-refractivity contribution in [3.8, 4) is 0 Å². The van der Waals surface area contributed by atoms with Crippen molar-refractivity contribution in [1.29, 1.82) is 0 Å². The smallest absolute Gasteiger partial charge is 0.370 e. The number of likely N-dealkylation sites (tertiary alicyclic amines) is 1. The number of hydrazine groups is 1. The number of hydrogen-bond acceptors (Lipinski definition) is 5. The van der Waals surface area contributed by atoms with Gasteiger partial charge in [-0.25, -0.2) is 15.8 Å². The lowest BCUT2D eigenvalue weighted by Gasteiger charge is -2.35. The normalized spacial score (nSPS) is 25.3.